The summed E-state index contributed by atoms with van der Waals surface area (Å²) in [6.45, 7) is 6.91. The molecule has 0 aliphatic heterocycles. The second kappa shape index (κ2) is 13.0. The molecule has 0 aromatic carbocycles. The molecular formula is C13H31NO2SSn. The molecule has 0 heterocycles. The van der Waals surface area contributed by atoms with E-state index in [1.807, 2.05) is 11.8 Å². The Morgan fingerprint density at radius 3 is 1.94 bits per heavy atom. The maximum absolute atomic E-state index is 6.27. The van der Waals surface area contributed by atoms with Gasteiger partial charge in [0, 0.05) is 0 Å². The third-order valence-electron chi connectivity index (χ3n) is 2.85. The summed E-state index contributed by atoms with van der Waals surface area (Å²) in [6, 6.07) is 0. The Balaban J connectivity index is 4.34. The monoisotopic (exact) mass is 385 g/mol. The van der Waals surface area contributed by atoms with Gasteiger partial charge in [-0.1, -0.05) is 0 Å². The van der Waals surface area contributed by atoms with Crippen molar-refractivity contribution in [3.8, 4) is 0 Å². The summed E-state index contributed by atoms with van der Waals surface area (Å²) in [5.74, 6) is 0. The fraction of sp³-hybridized carbons (Fsp3) is 1.00. The van der Waals surface area contributed by atoms with Crippen LogP contribution in [0.5, 0.6) is 0 Å². The molecule has 5 heteroatoms. The second-order valence-electron chi connectivity index (χ2n) is 4.64. The van der Waals surface area contributed by atoms with E-state index in [9.17, 15) is 0 Å². The van der Waals surface area contributed by atoms with E-state index in [-0.39, 0.29) is 0 Å². The zero-order chi connectivity index (χ0) is 13.7. The molecule has 2 N–H and O–H groups in total. The van der Waals surface area contributed by atoms with E-state index in [0.717, 1.165) is 47.2 Å². The summed E-state index contributed by atoms with van der Waals surface area (Å²) in [5, 5.41) is 0. The Morgan fingerprint density at radius 1 is 1.00 bits per heavy atom. The molecule has 0 bridgehead atoms. The van der Waals surface area contributed by atoms with E-state index in [1.54, 1.807) is 0 Å². The Bertz CT molecular complexity index is 174. The molecule has 0 aliphatic rings. The summed E-state index contributed by atoms with van der Waals surface area (Å²) in [4.78, 5) is 0. The molecule has 0 aliphatic carbocycles. The molecule has 0 spiro atoms. The Hall–Kier alpha value is 1.03. The third kappa shape index (κ3) is 9.02. The van der Waals surface area contributed by atoms with Crippen LogP contribution in [0.2, 0.25) is 4.44 Å². The first kappa shape index (κ1) is 19.0. The molecule has 0 rings (SSSR count). The van der Waals surface area contributed by atoms with E-state index in [4.69, 9.17) is 11.9 Å². The molecule has 0 atom stereocenters. The Kier molecular flexibility index (Phi) is 13.8. The number of rotatable bonds is 13. The minimum absolute atomic E-state index is 0.751. The first-order chi connectivity index (χ1) is 8.74. The van der Waals surface area contributed by atoms with Gasteiger partial charge in [0.25, 0.3) is 0 Å². The van der Waals surface area contributed by atoms with Crippen molar-refractivity contribution < 1.29 is 6.15 Å². The average Bonchev–Trinajstić information content (AvgIpc) is 2.37. The van der Waals surface area contributed by atoms with Crippen LogP contribution in [0, 0.1) is 0 Å². The van der Waals surface area contributed by atoms with Crippen molar-refractivity contribution in [2.75, 3.05) is 29.8 Å². The average molecular weight is 384 g/mol. The molecule has 0 amide bonds. The topological polar surface area (TPSA) is 44.5 Å². The summed E-state index contributed by atoms with van der Waals surface area (Å²) < 4.78 is 14.8. The Morgan fingerprint density at radius 2 is 1.56 bits per heavy atom. The van der Waals surface area contributed by atoms with Gasteiger partial charge in [0.2, 0.25) is 0 Å². The van der Waals surface area contributed by atoms with Gasteiger partial charge in [-0.2, -0.15) is 0 Å². The van der Waals surface area contributed by atoms with Crippen molar-refractivity contribution in [1.82, 2.24) is 0 Å². The molecule has 0 unspecified atom stereocenters. The van der Waals surface area contributed by atoms with Crippen molar-refractivity contribution in [3.63, 3.8) is 0 Å². The predicted octanol–water partition coefficient (Wildman–Crippen LogP) is 3.31. The van der Waals surface area contributed by atoms with Crippen molar-refractivity contribution in [3.05, 3.63) is 0 Å². The van der Waals surface area contributed by atoms with Crippen LogP contribution in [-0.2, 0) is 6.15 Å². The van der Waals surface area contributed by atoms with Gasteiger partial charge in [0.05, 0.1) is 0 Å². The van der Waals surface area contributed by atoms with Crippen LogP contribution < -0.4 is 5.73 Å². The number of thioether (sulfide) groups is 1. The van der Waals surface area contributed by atoms with Crippen molar-refractivity contribution in [2.24, 2.45) is 5.73 Å². The van der Waals surface area contributed by atoms with Gasteiger partial charge in [-0.3, -0.25) is 0 Å². The minimum atomic E-state index is -2.82. The zero-order valence-corrected chi connectivity index (χ0v) is 16.0. The first-order valence-corrected chi connectivity index (χ1v) is 15.0. The van der Waals surface area contributed by atoms with Gasteiger partial charge in [0.15, 0.2) is 0 Å². The van der Waals surface area contributed by atoms with E-state index >= 15 is 0 Å². The summed E-state index contributed by atoms with van der Waals surface area (Å²) in [6.07, 6.45) is 7.87. The molecule has 18 heavy (non-hydrogen) atoms. The number of unbranched alkanes of at least 4 members (excludes halogenated alkanes) is 2. The van der Waals surface area contributed by atoms with Crippen molar-refractivity contribution >= 4 is 31.0 Å². The Labute approximate surface area is 123 Å². The summed E-state index contributed by atoms with van der Waals surface area (Å²) in [7, 11) is 0. The van der Waals surface area contributed by atoms with Crippen LogP contribution in [0.4, 0.5) is 0 Å². The molecule has 0 saturated carbocycles. The number of nitrogens with two attached hydrogens (primary N) is 1. The van der Waals surface area contributed by atoms with Gasteiger partial charge >= 0.3 is 123 Å². The number of hydrogen-bond acceptors (Lipinski definition) is 4. The van der Waals surface area contributed by atoms with Gasteiger partial charge < -0.3 is 0 Å². The van der Waals surface area contributed by atoms with Crippen LogP contribution >= 0.6 is 11.8 Å². The van der Waals surface area contributed by atoms with Crippen LogP contribution in [0.1, 0.15) is 46.0 Å². The normalized spacial score (nSPS) is 12.0. The van der Waals surface area contributed by atoms with E-state index in [2.05, 4.69) is 20.1 Å². The zero-order valence-electron chi connectivity index (χ0n) is 12.4. The molecule has 0 radical (unpaired) electrons. The van der Waals surface area contributed by atoms with Crippen LogP contribution in [0.3, 0.4) is 0 Å². The molecule has 3 nitrogen and oxygen atoms in total. The van der Waals surface area contributed by atoms with Crippen molar-refractivity contribution in [2.45, 2.75) is 50.4 Å². The van der Waals surface area contributed by atoms with E-state index in [0.29, 0.717) is 0 Å². The first-order valence-electron chi connectivity index (χ1n) is 7.21. The summed E-state index contributed by atoms with van der Waals surface area (Å²) in [5.41, 5.74) is 5.66. The molecule has 0 fully saturated rings. The molecular weight excluding hydrogens is 353 g/mol. The summed E-state index contributed by atoms with van der Waals surface area (Å²) >= 11 is -0.947. The maximum atomic E-state index is 6.27. The predicted molar refractivity (Wildman–Crippen MR) is 84.3 cm³/mol. The van der Waals surface area contributed by atoms with Gasteiger partial charge in [-0.15, -0.1) is 0 Å². The van der Waals surface area contributed by atoms with Crippen LogP contribution in [0.15, 0.2) is 0 Å². The SMILES string of the molecule is CCCC[O][Sn]([CH2]CCN)([CH2]SC)[O]CCCC. The molecule has 0 aromatic rings. The fourth-order valence-corrected chi connectivity index (χ4v) is 15.0. The van der Waals surface area contributed by atoms with Crippen molar-refractivity contribution in [1.29, 1.82) is 0 Å². The fourth-order valence-electron chi connectivity index (χ4n) is 1.74. The van der Waals surface area contributed by atoms with E-state index < -0.39 is 19.2 Å². The van der Waals surface area contributed by atoms with Gasteiger partial charge in [-0.05, 0) is 0 Å². The molecule has 0 saturated heterocycles. The van der Waals surface area contributed by atoms with E-state index in [1.165, 1.54) is 12.8 Å². The quantitative estimate of drug-likeness (QED) is 0.391. The van der Waals surface area contributed by atoms with Crippen LogP contribution in [-0.4, -0.2) is 49.0 Å². The van der Waals surface area contributed by atoms with Crippen LogP contribution in [0.25, 0.3) is 0 Å². The molecule has 110 valence electrons. The molecule has 0 aromatic heterocycles. The third-order valence-corrected chi connectivity index (χ3v) is 17.2. The van der Waals surface area contributed by atoms with Gasteiger partial charge in [-0.25, -0.2) is 0 Å². The number of hydrogen-bond donors (Lipinski definition) is 1. The standard InChI is InChI=1S/2C4H9O.C3H8N.C2H5S.Sn/c2*1-2-3-4-5;1-2-3-4;1-3-2;/h2*2-4H2,1H3;1-4H2;1H2,2H3;/q2*-1;;;+2. The second-order valence-corrected chi connectivity index (χ2v) is 16.3. The van der Waals surface area contributed by atoms with Gasteiger partial charge in [0.1, 0.15) is 0 Å².